The Bertz CT molecular complexity index is 1360. The molecule has 0 aliphatic carbocycles. The van der Waals surface area contributed by atoms with Gasteiger partial charge in [-0.15, -0.1) is 0 Å². The van der Waals surface area contributed by atoms with Crippen LogP contribution in [-0.4, -0.2) is 46.3 Å². The van der Waals surface area contributed by atoms with Crippen LogP contribution in [0.4, 0.5) is 17.5 Å². The van der Waals surface area contributed by atoms with E-state index < -0.39 is 0 Å². The van der Waals surface area contributed by atoms with Gasteiger partial charge in [-0.1, -0.05) is 24.0 Å². The quantitative estimate of drug-likeness (QED) is 0.338. The van der Waals surface area contributed by atoms with E-state index in [1.165, 1.54) is 4.90 Å². The molecule has 35 heavy (non-hydrogen) atoms. The van der Waals surface area contributed by atoms with E-state index in [1.807, 2.05) is 12.1 Å². The molecule has 1 N–H and O–H groups in total. The van der Waals surface area contributed by atoms with Gasteiger partial charge in [-0.3, -0.25) is 14.5 Å². The van der Waals surface area contributed by atoms with Gasteiger partial charge in [-0.25, -0.2) is 4.98 Å². The first kappa shape index (κ1) is 22.1. The maximum Gasteiger partial charge on any atom is 0.261 e. The standard InChI is InChI=1S/C27H22N6O2/c28-17-19-10-12-21(13-11-19)30-27-29-18-20(24(31-27)32-14-6-15-32)7-2-1-5-16-33-25(34)22-8-3-4-9-23(22)26(33)35/h3-4,8-13,18H,1,5-6,14-16H2,(H,29,30,31). The summed E-state index contributed by atoms with van der Waals surface area (Å²) < 4.78 is 0. The monoisotopic (exact) mass is 462 g/mol. The maximum absolute atomic E-state index is 12.5. The lowest BCUT2D eigenvalue weighted by Gasteiger charge is -2.32. The van der Waals surface area contributed by atoms with Crippen molar-refractivity contribution in [2.45, 2.75) is 19.3 Å². The summed E-state index contributed by atoms with van der Waals surface area (Å²) >= 11 is 0. The van der Waals surface area contributed by atoms with Gasteiger partial charge in [-0.2, -0.15) is 10.2 Å². The Hall–Kier alpha value is -4.69. The molecule has 1 aromatic heterocycles. The van der Waals surface area contributed by atoms with Crippen molar-refractivity contribution in [3.8, 4) is 17.9 Å². The zero-order chi connectivity index (χ0) is 24.2. The molecule has 1 saturated heterocycles. The predicted molar refractivity (Wildman–Crippen MR) is 131 cm³/mol. The van der Waals surface area contributed by atoms with Crippen molar-refractivity contribution in [1.29, 1.82) is 5.26 Å². The first-order chi connectivity index (χ1) is 17.1. The van der Waals surface area contributed by atoms with Crippen LogP contribution in [0.25, 0.3) is 0 Å². The summed E-state index contributed by atoms with van der Waals surface area (Å²) in [6.45, 7) is 2.17. The molecule has 0 spiro atoms. The molecular weight excluding hydrogens is 440 g/mol. The van der Waals surface area contributed by atoms with Gasteiger partial charge >= 0.3 is 0 Å². The third kappa shape index (κ3) is 4.55. The minimum atomic E-state index is -0.239. The number of anilines is 3. The number of unbranched alkanes of at least 4 members (excludes halogenated alkanes) is 1. The molecule has 5 rings (SSSR count). The fourth-order valence-electron chi connectivity index (χ4n) is 3.97. The van der Waals surface area contributed by atoms with Crippen LogP contribution in [-0.2, 0) is 0 Å². The molecule has 0 atom stereocenters. The number of rotatable bonds is 6. The highest BCUT2D eigenvalue weighted by atomic mass is 16.2. The maximum atomic E-state index is 12.5. The lowest BCUT2D eigenvalue weighted by atomic mass is 10.1. The van der Waals surface area contributed by atoms with E-state index in [1.54, 1.807) is 42.6 Å². The van der Waals surface area contributed by atoms with Gasteiger partial charge in [0.1, 0.15) is 5.82 Å². The number of fused-ring (bicyclic) bond motifs is 1. The third-order valence-corrected chi connectivity index (χ3v) is 5.98. The summed E-state index contributed by atoms with van der Waals surface area (Å²) in [5, 5.41) is 12.1. The Morgan fingerprint density at radius 2 is 1.71 bits per heavy atom. The van der Waals surface area contributed by atoms with E-state index in [9.17, 15) is 9.59 Å². The second-order valence-electron chi connectivity index (χ2n) is 8.30. The van der Waals surface area contributed by atoms with Gasteiger partial charge in [0, 0.05) is 31.7 Å². The van der Waals surface area contributed by atoms with Gasteiger partial charge in [-0.05, 0) is 49.2 Å². The van der Waals surface area contributed by atoms with Gasteiger partial charge in [0.05, 0.1) is 34.5 Å². The number of hydrogen-bond donors (Lipinski definition) is 1. The van der Waals surface area contributed by atoms with E-state index in [2.05, 4.69) is 38.1 Å². The van der Waals surface area contributed by atoms with Crippen molar-refractivity contribution in [3.05, 3.63) is 77.0 Å². The van der Waals surface area contributed by atoms with Crippen LogP contribution in [0.2, 0.25) is 0 Å². The number of hydrogen-bond acceptors (Lipinski definition) is 7. The van der Waals surface area contributed by atoms with Crippen LogP contribution in [0, 0.1) is 23.2 Å². The van der Waals surface area contributed by atoms with Gasteiger partial charge < -0.3 is 10.2 Å². The number of benzene rings is 2. The molecule has 0 radical (unpaired) electrons. The molecular formula is C27H22N6O2. The summed E-state index contributed by atoms with van der Waals surface area (Å²) in [7, 11) is 0. The fourth-order valence-corrected chi connectivity index (χ4v) is 3.97. The molecule has 8 heteroatoms. The molecule has 8 nitrogen and oxygen atoms in total. The van der Waals surface area contributed by atoms with E-state index in [0.29, 0.717) is 42.0 Å². The average Bonchev–Trinajstić information content (AvgIpc) is 3.09. The van der Waals surface area contributed by atoms with Crippen LogP contribution in [0.15, 0.2) is 54.7 Å². The number of nitrogens with one attached hydrogen (secondary N) is 1. The van der Waals surface area contributed by atoms with Crippen molar-refractivity contribution in [1.82, 2.24) is 14.9 Å². The average molecular weight is 463 g/mol. The number of imide groups is 1. The van der Waals surface area contributed by atoms with Crippen LogP contribution in [0.1, 0.15) is 51.1 Å². The second kappa shape index (κ2) is 9.66. The smallest absolute Gasteiger partial charge is 0.261 e. The number of carbonyl (C=O) groups is 2. The molecule has 2 aliphatic heterocycles. The van der Waals surface area contributed by atoms with Crippen molar-refractivity contribution in [3.63, 3.8) is 0 Å². The molecule has 2 aromatic carbocycles. The molecule has 0 unspecified atom stereocenters. The van der Waals surface area contributed by atoms with Gasteiger partial charge in [0.25, 0.3) is 11.8 Å². The van der Waals surface area contributed by atoms with Crippen molar-refractivity contribution in [2.75, 3.05) is 29.9 Å². The molecule has 2 amide bonds. The number of carbonyl (C=O) groups excluding carboxylic acids is 2. The lowest BCUT2D eigenvalue weighted by molar-refractivity contribution is 0.0653. The number of nitriles is 1. The fraction of sp³-hybridized carbons (Fsp3) is 0.222. The third-order valence-electron chi connectivity index (χ3n) is 5.98. The van der Waals surface area contributed by atoms with Crippen LogP contribution in [0.5, 0.6) is 0 Å². The first-order valence-electron chi connectivity index (χ1n) is 11.5. The van der Waals surface area contributed by atoms with E-state index in [4.69, 9.17) is 5.26 Å². The van der Waals surface area contributed by atoms with Crippen molar-refractivity contribution in [2.24, 2.45) is 0 Å². The Morgan fingerprint density at radius 1 is 1.00 bits per heavy atom. The summed E-state index contributed by atoms with van der Waals surface area (Å²) in [6, 6.07) is 16.1. The Kier molecular flexibility index (Phi) is 6.11. The highest BCUT2D eigenvalue weighted by molar-refractivity contribution is 6.21. The van der Waals surface area contributed by atoms with Crippen molar-refractivity contribution >= 4 is 29.3 Å². The van der Waals surface area contributed by atoms with Gasteiger partial charge in [0.2, 0.25) is 5.95 Å². The van der Waals surface area contributed by atoms with E-state index >= 15 is 0 Å². The normalized spacial score (nSPS) is 14.0. The summed E-state index contributed by atoms with van der Waals surface area (Å²) in [5.41, 5.74) is 3.07. The molecule has 172 valence electrons. The number of aromatic nitrogens is 2. The highest BCUT2D eigenvalue weighted by Crippen LogP contribution is 2.25. The predicted octanol–water partition coefficient (Wildman–Crippen LogP) is 3.73. The van der Waals surface area contributed by atoms with E-state index in [0.717, 1.165) is 36.6 Å². The SMILES string of the molecule is N#Cc1ccc(Nc2ncc(C#CCCCN3C(=O)c4ccccc4C3=O)c(N3CCC3)n2)cc1. The highest BCUT2D eigenvalue weighted by Gasteiger charge is 2.34. The molecule has 3 heterocycles. The molecule has 0 saturated carbocycles. The Balaban J connectivity index is 1.23. The first-order valence-corrected chi connectivity index (χ1v) is 11.5. The Labute approximate surface area is 203 Å². The summed E-state index contributed by atoms with van der Waals surface area (Å²) in [6.07, 6.45) is 3.95. The van der Waals surface area contributed by atoms with Crippen LogP contribution >= 0.6 is 0 Å². The van der Waals surface area contributed by atoms with Crippen molar-refractivity contribution < 1.29 is 9.59 Å². The largest absolute Gasteiger partial charge is 0.355 e. The topological polar surface area (TPSA) is 102 Å². The zero-order valence-electron chi connectivity index (χ0n) is 19.0. The molecule has 2 aliphatic rings. The van der Waals surface area contributed by atoms with Crippen LogP contribution < -0.4 is 10.2 Å². The minimum absolute atomic E-state index is 0.239. The molecule has 1 fully saturated rings. The van der Waals surface area contributed by atoms with E-state index in [-0.39, 0.29) is 11.8 Å². The molecule has 0 bridgehead atoms. The summed E-state index contributed by atoms with van der Waals surface area (Å²) in [4.78, 5) is 37.5. The molecule has 3 aromatic rings. The number of nitrogens with zero attached hydrogens (tertiary/aromatic N) is 5. The minimum Gasteiger partial charge on any atom is -0.355 e. The van der Waals surface area contributed by atoms with Gasteiger partial charge in [0.15, 0.2) is 0 Å². The summed E-state index contributed by atoms with van der Waals surface area (Å²) in [5.74, 6) is 7.09. The zero-order valence-corrected chi connectivity index (χ0v) is 19.0. The Morgan fingerprint density at radius 3 is 2.34 bits per heavy atom. The number of amides is 2. The lowest BCUT2D eigenvalue weighted by Crippen LogP contribution is -2.38. The second-order valence-corrected chi connectivity index (χ2v) is 8.30. The van der Waals surface area contributed by atoms with Crippen LogP contribution in [0.3, 0.4) is 0 Å².